The summed E-state index contributed by atoms with van der Waals surface area (Å²) in [5.41, 5.74) is 0.240. The number of amides is 1. The molecular weight excluding hydrogens is 194 g/mol. The first-order valence-corrected chi connectivity index (χ1v) is 4.77. The van der Waals surface area contributed by atoms with Gasteiger partial charge in [0.2, 0.25) is 0 Å². The molecule has 0 aromatic heterocycles. The molecule has 2 N–H and O–H groups in total. The molecule has 1 amide bonds. The van der Waals surface area contributed by atoms with Crippen LogP contribution in [0.25, 0.3) is 0 Å². The highest BCUT2D eigenvalue weighted by molar-refractivity contribution is 6.04. The molecule has 0 spiro atoms. The highest BCUT2D eigenvalue weighted by Gasteiger charge is 2.14. The summed E-state index contributed by atoms with van der Waals surface area (Å²) in [5, 5.41) is 11.5. The molecule has 0 aliphatic rings. The summed E-state index contributed by atoms with van der Waals surface area (Å²) in [6.45, 7) is 2.48. The molecule has 4 heteroatoms. The lowest BCUT2D eigenvalue weighted by atomic mass is 10.1. The van der Waals surface area contributed by atoms with E-state index in [1.54, 1.807) is 12.1 Å². The standard InChI is InChI=1S/C11H13NO3/c1-2-7-12-10(13)8-5-3-4-6-9(8)11(14)15/h3-6H,2,7H2,1H3,(H,12,13)(H,14,15). The highest BCUT2D eigenvalue weighted by Crippen LogP contribution is 2.08. The maximum absolute atomic E-state index is 11.6. The van der Waals surface area contributed by atoms with E-state index in [4.69, 9.17) is 5.11 Å². The van der Waals surface area contributed by atoms with Crippen LogP contribution in [-0.2, 0) is 0 Å². The molecule has 0 saturated heterocycles. The zero-order chi connectivity index (χ0) is 11.3. The zero-order valence-corrected chi connectivity index (χ0v) is 8.49. The van der Waals surface area contributed by atoms with Crippen LogP contribution in [0.5, 0.6) is 0 Å². The summed E-state index contributed by atoms with van der Waals surface area (Å²) in [6, 6.07) is 6.17. The van der Waals surface area contributed by atoms with Crippen molar-refractivity contribution in [3.63, 3.8) is 0 Å². The highest BCUT2D eigenvalue weighted by atomic mass is 16.4. The average molecular weight is 207 g/mol. The van der Waals surface area contributed by atoms with Gasteiger partial charge in [-0.05, 0) is 18.6 Å². The van der Waals surface area contributed by atoms with Gasteiger partial charge in [0.1, 0.15) is 0 Å². The largest absolute Gasteiger partial charge is 0.478 e. The third kappa shape index (κ3) is 2.80. The van der Waals surface area contributed by atoms with Gasteiger partial charge in [-0.3, -0.25) is 4.79 Å². The Balaban J connectivity index is 2.92. The quantitative estimate of drug-likeness (QED) is 0.786. The fourth-order valence-electron chi connectivity index (χ4n) is 1.20. The summed E-state index contributed by atoms with van der Waals surface area (Å²) in [7, 11) is 0. The van der Waals surface area contributed by atoms with E-state index < -0.39 is 5.97 Å². The van der Waals surface area contributed by atoms with Gasteiger partial charge in [-0.25, -0.2) is 4.79 Å². The van der Waals surface area contributed by atoms with Crippen LogP contribution in [0.4, 0.5) is 0 Å². The normalized spacial score (nSPS) is 9.67. The maximum Gasteiger partial charge on any atom is 0.336 e. The van der Waals surface area contributed by atoms with Gasteiger partial charge in [0.25, 0.3) is 5.91 Å². The molecule has 80 valence electrons. The van der Waals surface area contributed by atoms with Crippen molar-refractivity contribution >= 4 is 11.9 Å². The van der Waals surface area contributed by atoms with E-state index in [0.29, 0.717) is 6.54 Å². The number of hydrogen-bond acceptors (Lipinski definition) is 2. The van der Waals surface area contributed by atoms with Crippen LogP contribution in [-0.4, -0.2) is 23.5 Å². The first kappa shape index (κ1) is 11.2. The van der Waals surface area contributed by atoms with Crippen LogP contribution in [0, 0.1) is 0 Å². The van der Waals surface area contributed by atoms with Crippen molar-refractivity contribution in [2.75, 3.05) is 6.54 Å². The fourth-order valence-corrected chi connectivity index (χ4v) is 1.20. The van der Waals surface area contributed by atoms with Crippen molar-refractivity contribution in [2.45, 2.75) is 13.3 Å². The minimum atomic E-state index is -1.09. The maximum atomic E-state index is 11.6. The van der Waals surface area contributed by atoms with Crippen molar-refractivity contribution in [3.05, 3.63) is 35.4 Å². The Bertz CT molecular complexity index is 374. The van der Waals surface area contributed by atoms with Crippen LogP contribution in [0.1, 0.15) is 34.1 Å². The number of nitrogens with one attached hydrogen (secondary N) is 1. The molecule has 4 nitrogen and oxygen atoms in total. The van der Waals surface area contributed by atoms with Crippen LogP contribution in [0.15, 0.2) is 24.3 Å². The Morgan fingerprint density at radius 2 is 1.87 bits per heavy atom. The lowest BCUT2D eigenvalue weighted by molar-refractivity contribution is 0.0691. The minimum absolute atomic E-state index is 0.0334. The molecule has 1 aromatic rings. The second-order valence-corrected chi connectivity index (χ2v) is 3.11. The third-order valence-electron chi connectivity index (χ3n) is 1.94. The number of aromatic carboxylic acids is 1. The molecule has 0 aliphatic heterocycles. The SMILES string of the molecule is CCCNC(=O)c1ccccc1C(=O)O. The first-order valence-electron chi connectivity index (χ1n) is 4.77. The van der Waals surface area contributed by atoms with Crippen LogP contribution >= 0.6 is 0 Å². The molecule has 1 rings (SSSR count). The monoisotopic (exact) mass is 207 g/mol. The van der Waals surface area contributed by atoms with E-state index in [1.165, 1.54) is 12.1 Å². The molecule has 0 unspecified atom stereocenters. The molecule has 0 fully saturated rings. The molecule has 0 saturated carbocycles. The van der Waals surface area contributed by atoms with Crippen molar-refractivity contribution in [1.29, 1.82) is 0 Å². The average Bonchev–Trinajstić information content (AvgIpc) is 2.25. The Hall–Kier alpha value is -1.84. The predicted octanol–water partition coefficient (Wildman–Crippen LogP) is 1.52. The van der Waals surface area contributed by atoms with Crippen molar-refractivity contribution in [3.8, 4) is 0 Å². The van der Waals surface area contributed by atoms with Gasteiger partial charge < -0.3 is 10.4 Å². The van der Waals surface area contributed by atoms with E-state index in [-0.39, 0.29) is 17.0 Å². The third-order valence-corrected chi connectivity index (χ3v) is 1.94. The van der Waals surface area contributed by atoms with Crippen LogP contribution in [0.2, 0.25) is 0 Å². The van der Waals surface area contributed by atoms with Gasteiger partial charge in [0.15, 0.2) is 0 Å². The molecule has 1 aromatic carbocycles. The van der Waals surface area contributed by atoms with Gasteiger partial charge in [-0.1, -0.05) is 19.1 Å². The second-order valence-electron chi connectivity index (χ2n) is 3.11. The van der Waals surface area contributed by atoms with Crippen molar-refractivity contribution in [2.24, 2.45) is 0 Å². The van der Waals surface area contributed by atoms with Crippen LogP contribution < -0.4 is 5.32 Å². The number of carboxylic acids is 1. The number of carboxylic acid groups (broad SMARTS) is 1. The van der Waals surface area contributed by atoms with Crippen molar-refractivity contribution in [1.82, 2.24) is 5.32 Å². The van der Waals surface area contributed by atoms with Gasteiger partial charge >= 0.3 is 5.97 Å². The van der Waals surface area contributed by atoms with Crippen molar-refractivity contribution < 1.29 is 14.7 Å². The van der Waals surface area contributed by atoms with Gasteiger partial charge in [0.05, 0.1) is 11.1 Å². The smallest absolute Gasteiger partial charge is 0.336 e. The van der Waals surface area contributed by atoms with Gasteiger partial charge in [0, 0.05) is 6.54 Å². The molecular formula is C11H13NO3. The molecule has 15 heavy (non-hydrogen) atoms. The second kappa shape index (κ2) is 5.14. The van der Waals surface area contributed by atoms with E-state index >= 15 is 0 Å². The topological polar surface area (TPSA) is 66.4 Å². The number of carbonyl (C=O) groups excluding carboxylic acids is 1. The Kier molecular flexibility index (Phi) is 3.85. The predicted molar refractivity (Wildman–Crippen MR) is 56.0 cm³/mol. The van der Waals surface area contributed by atoms with Gasteiger partial charge in [-0.2, -0.15) is 0 Å². The number of rotatable bonds is 4. The Morgan fingerprint density at radius 1 is 1.27 bits per heavy atom. The summed E-state index contributed by atoms with van der Waals surface area (Å²) in [5.74, 6) is -1.42. The Morgan fingerprint density at radius 3 is 2.40 bits per heavy atom. The van der Waals surface area contributed by atoms with E-state index in [2.05, 4.69) is 5.32 Å². The van der Waals surface area contributed by atoms with Crippen LogP contribution in [0.3, 0.4) is 0 Å². The van der Waals surface area contributed by atoms with Gasteiger partial charge in [-0.15, -0.1) is 0 Å². The molecule has 0 bridgehead atoms. The molecule has 0 atom stereocenters. The fraction of sp³-hybridized carbons (Fsp3) is 0.273. The number of hydrogen-bond donors (Lipinski definition) is 2. The number of carbonyl (C=O) groups is 2. The summed E-state index contributed by atoms with van der Waals surface area (Å²) >= 11 is 0. The summed E-state index contributed by atoms with van der Waals surface area (Å²) in [6.07, 6.45) is 0.820. The Labute approximate surface area is 87.9 Å². The lowest BCUT2D eigenvalue weighted by Crippen LogP contribution is -2.25. The lowest BCUT2D eigenvalue weighted by Gasteiger charge is -2.05. The minimum Gasteiger partial charge on any atom is -0.478 e. The zero-order valence-electron chi connectivity index (χ0n) is 8.49. The van der Waals surface area contributed by atoms with E-state index in [9.17, 15) is 9.59 Å². The summed E-state index contributed by atoms with van der Waals surface area (Å²) < 4.78 is 0. The molecule has 0 radical (unpaired) electrons. The molecule has 0 heterocycles. The molecule has 0 aliphatic carbocycles. The van der Waals surface area contributed by atoms with E-state index in [0.717, 1.165) is 6.42 Å². The van der Waals surface area contributed by atoms with E-state index in [1.807, 2.05) is 6.92 Å². The number of benzene rings is 1. The summed E-state index contributed by atoms with van der Waals surface area (Å²) in [4.78, 5) is 22.4. The first-order chi connectivity index (χ1) is 7.16.